The zero-order valence-corrected chi connectivity index (χ0v) is 19.8. The van der Waals surface area contributed by atoms with Crippen molar-refractivity contribution in [3.05, 3.63) is 29.8 Å². The van der Waals surface area contributed by atoms with Gasteiger partial charge in [0.2, 0.25) is 17.7 Å². The topological polar surface area (TPSA) is 228 Å². The van der Waals surface area contributed by atoms with Gasteiger partial charge in [-0.2, -0.15) is 11.8 Å². The van der Waals surface area contributed by atoms with Crippen LogP contribution in [0.5, 0.6) is 5.75 Å². The van der Waals surface area contributed by atoms with Gasteiger partial charge in [-0.25, -0.2) is 4.79 Å². The second-order valence-electron chi connectivity index (χ2n) is 7.56. The maximum Gasteiger partial charge on any atom is 0.326 e. The average Bonchev–Trinajstić information content (AvgIpc) is 2.79. The van der Waals surface area contributed by atoms with Gasteiger partial charge in [0, 0.05) is 6.42 Å². The van der Waals surface area contributed by atoms with Crippen LogP contribution in [0.1, 0.15) is 18.4 Å². The van der Waals surface area contributed by atoms with Crippen LogP contribution in [-0.4, -0.2) is 92.9 Å². The van der Waals surface area contributed by atoms with E-state index in [2.05, 4.69) is 16.0 Å². The number of carboxylic acid groups (broad SMARTS) is 2. The molecular weight excluding hydrogens is 484 g/mol. The Morgan fingerprint density at radius 3 is 1.97 bits per heavy atom. The van der Waals surface area contributed by atoms with Crippen LogP contribution in [0.3, 0.4) is 0 Å². The fourth-order valence-corrected chi connectivity index (χ4v) is 3.34. The standard InChI is InChI=1S/C21H30N4O9S/c1-35-7-6-14(21(33)34)23-19(31)15(8-11-2-4-12(27)5-3-11)24-20(32)16(10-26)25-18(30)13(22)9-17(28)29/h2-5,13-16,26-27H,6-10,22H2,1H3,(H,23,31)(H,24,32)(H,25,30)(H,28,29)(H,33,34). The van der Waals surface area contributed by atoms with Gasteiger partial charge in [-0.05, 0) is 36.1 Å². The number of aromatic hydroxyl groups is 1. The van der Waals surface area contributed by atoms with E-state index in [4.69, 9.17) is 10.8 Å². The summed E-state index contributed by atoms with van der Waals surface area (Å²) >= 11 is 1.39. The quantitative estimate of drug-likeness (QED) is 0.128. The molecule has 0 saturated carbocycles. The Morgan fingerprint density at radius 2 is 1.46 bits per heavy atom. The maximum atomic E-state index is 12.9. The summed E-state index contributed by atoms with van der Waals surface area (Å²) in [6.45, 7) is -0.879. The van der Waals surface area contributed by atoms with E-state index in [0.29, 0.717) is 11.3 Å². The Hall–Kier alpha value is -3.36. The van der Waals surface area contributed by atoms with Gasteiger partial charge in [-0.15, -0.1) is 0 Å². The number of thioether (sulfide) groups is 1. The predicted molar refractivity (Wildman–Crippen MR) is 126 cm³/mol. The summed E-state index contributed by atoms with van der Waals surface area (Å²) in [4.78, 5) is 59.9. The normalized spacial score (nSPS) is 14.1. The van der Waals surface area contributed by atoms with Crippen molar-refractivity contribution in [2.45, 2.75) is 43.4 Å². The lowest BCUT2D eigenvalue weighted by molar-refractivity contribution is -0.142. The van der Waals surface area contributed by atoms with Crippen molar-refractivity contribution in [2.24, 2.45) is 5.73 Å². The molecule has 0 heterocycles. The Kier molecular flexibility index (Phi) is 12.6. The highest BCUT2D eigenvalue weighted by molar-refractivity contribution is 7.98. The second-order valence-corrected chi connectivity index (χ2v) is 8.55. The van der Waals surface area contributed by atoms with E-state index in [1.807, 2.05) is 0 Å². The van der Waals surface area contributed by atoms with Gasteiger partial charge < -0.3 is 42.1 Å². The number of hydrogen-bond donors (Lipinski definition) is 8. The number of nitrogens with two attached hydrogens (primary N) is 1. The minimum Gasteiger partial charge on any atom is -0.508 e. The lowest BCUT2D eigenvalue weighted by Crippen LogP contribution is -2.58. The number of hydrogen-bond acceptors (Lipinski definition) is 9. The predicted octanol–water partition coefficient (Wildman–Crippen LogP) is -1.98. The highest BCUT2D eigenvalue weighted by atomic mass is 32.2. The van der Waals surface area contributed by atoms with Crippen LogP contribution in [0.15, 0.2) is 24.3 Å². The molecule has 1 aromatic rings. The van der Waals surface area contributed by atoms with Crippen molar-refractivity contribution in [3.8, 4) is 5.75 Å². The van der Waals surface area contributed by atoms with Crippen molar-refractivity contribution in [1.29, 1.82) is 0 Å². The fourth-order valence-electron chi connectivity index (χ4n) is 2.87. The number of carboxylic acids is 2. The molecule has 1 aromatic carbocycles. The highest BCUT2D eigenvalue weighted by Crippen LogP contribution is 2.12. The molecule has 14 heteroatoms. The summed E-state index contributed by atoms with van der Waals surface area (Å²) in [5, 5.41) is 44.0. The summed E-state index contributed by atoms with van der Waals surface area (Å²) in [6.07, 6.45) is 1.11. The molecule has 0 aliphatic heterocycles. The molecule has 1 rings (SSSR count). The van der Waals surface area contributed by atoms with E-state index < -0.39 is 66.9 Å². The third-order valence-corrected chi connectivity index (χ3v) is 5.43. The Labute approximate surface area is 205 Å². The van der Waals surface area contributed by atoms with Crippen molar-refractivity contribution < 1.29 is 44.4 Å². The van der Waals surface area contributed by atoms with Crippen molar-refractivity contribution in [3.63, 3.8) is 0 Å². The Morgan fingerprint density at radius 1 is 0.914 bits per heavy atom. The van der Waals surface area contributed by atoms with Crippen LogP contribution in [-0.2, 0) is 30.4 Å². The number of phenols is 1. The van der Waals surface area contributed by atoms with Crippen molar-refractivity contribution in [1.82, 2.24) is 16.0 Å². The van der Waals surface area contributed by atoms with Gasteiger partial charge in [0.1, 0.15) is 23.9 Å². The molecule has 0 radical (unpaired) electrons. The van der Waals surface area contributed by atoms with E-state index >= 15 is 0 Å². The second kappa shape index (κ2) is 14.8. The van der Waals surface area contributed by atoms with E-state index in [0.717, 1.165) is 0 Å². The summed E-state index contributed by atoms with van der Waals surface area (Å²) < 4.78 is 0. The third kappa shape index (κ3) is 10.6. The minimum atomic E-state index is -1.55. The number of carbonyl (C=O) groups is 5. The Balaban J connectivity index is 3.03. The molecule has 9 N–H and O–H groups in total. The van der Waals surface area contributed by atoms with E-state index in [9.17, 15) is 39.3 Å². The molecule has 194 valence electrons. The lowest BCUT2D eigenvalue weighted by Gasteiger charge is -2.24. The molecule has 0 aliphatic carbocycles. The SMILES string of the molecule is CSCCC(NC(=O)C(Cc1ccc(O)cc1)NC(=O)C(CO)NC(=O)C(N)CC(=O)O)C(=O)O. The van der Waals surface area contributed by atoms with Crippen LogP contribution >= 0.6 is 11.8 Å². The molecule has 4 atom stereocenters. The zero-order valence-electron chi connectivity index (χ0n) is 19.0. The van der Waals surface area contributed by atoms with Crippen molar-refractivity contribution in [2.75, 3.05) is 18.6 Å². The zero-order chi connectivity index (χ0) is 26.5. The van der Waals surface area contributed by atoms with Gasteiger partial charge in [0.05, 0.1) is 19.1 Å². The summed E-state index contributed by atoms with van der Waals surface area (Å²) in [6, 6.07) is 0.192. The molecule has 35 heavy (non-hydrogen) atoms. The number of aliphatic carboxylic acids is 2. The third-order valence-electron chi connectivity index (χ3n) is 4.78. The van der Waals surface area contributed by atoms with Gasteiger partial charge >= 0.3 is 11.9 Å². The van der Waals surface area contributed by atoms with Crippen molar-refractivity contribution >= 4 is 41.4 Å². The maximum absolute atomic E-state index is 12.9. The first-order valence-corrected chi connectivity index (χ1v) is 11.9. The van der Waals surface area contributed by atoms with Gasteiger partial charge in [0.15, 0.2) is 0 Å². The van der Waals surface area contributed by atoms with Crippen LogP contribution < -0.4 is 21.7 Å². The van der Waals surface area contributed by atoms with Crippen LogP contribution in [0.25, 0.3) is 0 Å². The summed E-state index contributed by atoms with van der Waals surface area (Å²) in [7, 11) is 0. The molecule has 0 aromatic heterocycles. The smallest absolute Gasteiger partial charge is 0.326 e. The minimum absolute atomic E-state index is 0.0254. The molecule has 0 fully saturated rings. The number of phenolic OH excluding ortho intramolecular Hbond substituents is 1. The molecule has 3 amide bonds. The van der Waals surface area contributed by atoms with E-state index in [-0.39, 0.29) is 18.6 Å². The largest absolute Gasteiger partial charge is 0.508 e. The monoisotopic (exact) mass is 514 g/mol. The number of aliphatic hydroxyl groups excluding tert-OH is 1. The number of rotatable bonds is 15. The number of amides is 3. The average molecular weight is 515 g/mol. The molecule has 0 bridgehead atoms. The van der Waals surface area contributed by atoms with Gasteiger partial charge in [-0.1, -0.05) is 12.1 Å². The number of benzene rings is 1. The number of nitrogens with one attached hydrogen (secondary N) is 3. The van der Waals surface area contributed by atoms with Gasteiger partial charge in [0.25, 0.3) is 0 Å². The first-order chi connectivity index (χ1) is 16.5. The molecule has 0 spiro atoms. The number of carbonyl (C=O) groups excluding carboxylic acids is 3. The van der Waals surface area contributed by atoms with Crippen LogP contribution in [0, 0.1) is 0 Å². The molecular formula is C21H30N4O9S. The fraction of sp³-hybridized carbons (Fsp3) is 0.476. The summed E-state index contributed by atoms with van der Waals surface area (Å²) in [5.41, 5.74) is 5.98. The van der Waals surface area contributed by atoms with Crippen LogP contribution in [0.4, 0.5) is 0 Å². The molecule has 4 unspecified atom stereocenters. The van der Waals surface area contributed by atoms with Gasteiger partial charge in [-0.3, -0.25) is 19.2 Å². The van der Waals surface area contributed by atoms with Crippen LogP contribution in [0.2, 0.25) is 0 Å². The molecule has 0 saturated heterocycles. The first-order valence-electron chi connectivity index (χ1n) is 10.5. The lowest BCUT2D eigenvalue weighted by atomic mass is 10.0. The Bertz CT molecular complexity index is 897. The number of aliphatic hydroxyl groups is 1. The van der Waals surface area contributed by atoms with E-state index in [1.165, 1.54) is 36.0 Å². The molecule has 0 aliphatic rings. The summed E-state index contributed by atoms with van der Waals surface area (Å²) in [5.74, 6) is -4.94. The first kappa shape index (κ1) is 29.7. The highest BCUT2D eigenvalue weighted by Gasteiger charge is 2.30. The van der Waals surface area contributed by atoms with E-state index in [1.54, 1.807) is 6.26 Å². The molecule has 13 nitrogen and oxygen atoms in total.